The van der Waals surface area contributed by atoms with Crippen molar-refractivity contribution in [1.29, 1.82) is 0 Å². The molecule has 0 aliphatic carbocycles. The summed E-state index contributed by atoms with van der Waals surface area (Å²) in [5, 5.41) is 0.412. The number of nitrogens with zero attached hydrogens (tertiary/aromatic N) is 2. The highest BCUT2D eigenvalue weighted by Crippen LogP contribution is 2.22. The lowest BCUT2D eigenvalue weighted by molar-refractivity contribution is -0.132. The molecule has 1 rings (SSSR count). The number of ether oxygens (including phenoxy) is 1. The summed E-state index contributed by atoms with van der Waals surface area (Å²) >= 11 is 5.97. The van der Waals surface area contributed by atoms with Gasteiger partial charge in [0, 0.05) is 24.7 Å². The Morgan fingerprint density at radius 2 is 1.92 bits per heavy atom. The van der Waals surface area contributed by atoms with E-state index >= 15 is 0 Å². The van der Waals surface area contributed by atoms with E-state index < -0.39 is 10.0 Å². The van der Waals surface area contributed by atoms with Gasteiger partial charge in [0.1, 0.15) is 6.54 Å². The zero-order chi connectivity index (χ0) is 19.0. The van der Waals surface area contributed by atoms with E-state index in [0.29, 0.717) is 23.9 Å². The standard InChI is InChI=1S/C17H27ClN2O4S/c1-5-15(6-2)19(10-11-24-3)17(21)13-20(25(4,22)23)16-9-7-8-14(18)12-16/h7-9,12,15H,5-6,10-11,13H2,1-4H3. The molecule has 0 aromatic heterocycles. The van der Waals surface area contributed by atoms with Crippen molar-refractivity contribution in [2.45, 2.75) is 32.7 Å². The lowest BCUT2D eigenvalue weighted by atomic mass is 10.1. The predicted molar refractivity (Wildman–Crippen MR) is 102 cm³/mol. The van der Waals surface area contributed by atoms with Gasteiger partial charge in [-0.05, 0) is 31.0 Å². The van der Waals surface area contributed by atoms with Crippen molar-refractivity contribution in [1.82, 2.24) is 4.90 Å². The first kappa shape index (κ1) is 21.7. The fourth-order valence-electron chi connectivity index (χ4n) is 2.67. The Morgan fingerprint density at radius 1 is 1.28 bits per heavy atom. The molecule has 6 nitrogen and oxygen atoms in total. The summed E-state index contributed by atoms with van der Waals surface area (Å²) in [6, 6.07) is 6.51. The molecule has 1 aromatic carbocycles. The van der Waals surface area contributed by atoms with Gasteiger partial charge in [-0.15, -0.1) is 0 Å². The van der Waals surface area contributed by atoms with Gasteiger partial charge in [0.05, 0.1) is 18.6 Å². The molecule has 1 aromatic rings. The number of anilines is 1. The third kappa shape index (κ3) is 6.49. The highest BCUT2D eigenvalue weighted by molar-refractivity contribution is 7.92. The Kier molecular flexibility index (Phi) is 8.68. The van der Waals surface area contributed by atoms with Crippen molar-refractivity contribution in [2.24, 2.45) is 0 Å². The van der Waals surface area contributed by atoms with Crippen LogP contribution in [0, 0.1) is 0 Å². The molecule has 0 heterocycles. The third-order valence-electron chi connectivity index (χ3n) is 4.02. The second kappa shape index (κ2) is 9.99. The Balaban J connectivity index is 3.10. The van der Waals surface area contributed by atoms with Crippen LogP contribution in [0.3, 0.4) is 0 Å². The van der Waals surface area contributed by atoms with E-state index in [1.807, 2.05) is 13.8 Å². The summed E-state index contributed by atoms with van der Waals surface area (Å²) in [6.07, 6.45) is 2.67. The van der Waals surface area contributed by atoms with Gasteiger partial charge in [0.2, 0.25) is 15.9 Å². The first-order valence-corrected chi connectivity index (χ1v) is 10.5. The van der Waals surface area contributed by atoms with Crippen LogP contribution >= 0.6 is 11.6 Å². The van der Waals surface area contributed by atoms with Gasteiger partial charge in [-0.3, -0.25) is 9.10 Å². The number of hydrogen-bond donors (Lipinski definition) is 0. The lowest BCUT2D eigenvalue weighted by Gasteiger charge is -2.32. The molecule has 0 fully saturated rings. The van der Waals surface area contributed by atoms with Crippen molar-refractivity contribution < 1.29 is 17.9 Å². The molecule has 0 spiro atoms. The largest absolute Gasteiger partial charge is 0.383 e. The minimum absolute atomic E-state index is 0.0448. The number of sulfonamides is 1. The number of carbonyl (C=O) groups excluding carboxylic acids is 1. The van der Waals surface area contributed by atoms with Crippen LogP contribution in [0.15, 0.2) is 24.3 Å². The molecule has 0 saturated heterocycles. The number of hydrogen-bond acceptors (Lipinski definition) is 4. The fourth-order valence-corrected chi connectivity index (χ4v) is 3.70. The molecule has 8 heteroatoms. The lowest BCUT2D eigenvalue weighted by Crippen LogP contribution is -2.48. The second-order valence-corrected chi connectivity index (χ2v) is 8.14. The maximum Gasteiger partial charge on any atom is 0.243 e. The number of rotatable bonds is 10. The van der Waals surface area contributed by atoms with Crippen LogP contribution in [0.1, 0.15) is 26.7 Å². The highest BCUT2D eigenvalue weighted by atomic mass is 35.5. The molecular formula is C17H27ClN2O4S. The quantitative estimate of drug-likeness (QED) is 0.616. The summed E-state index contributed by atoms with van der Waals surface area (Å²) < 4.78 is 30.6. The van der Waals surface area contributed by atoms with E-state index in [0.717, 1.165) is 23.4 Å². The smallest absolute Gasteiger partial charge is 0.243 e. The minimum atomic E-state index is -3.63. The second-order valence-electron chi connectivity index (χ2n) is 5.80. The Bertz CT molecular complexity index is 662. The van der Waals surface area contributed by atoms with Crippen molar-refractivity contribution in [3.05, 3.63) is 29.3 Å². The summed E-state index contributed by atoms with van der Waals surface area (Å²) in [5.74, 6) is -0.254. The normalized spacial score (nSPS) is 11.6. The van der Waals surface area contributed by atoms with Crippen molar-refractivity contribution in [3.8, 4) is 0 Å². The van der Waals surface area contributed by atoms with Crippen LogP contribution in [-0.2, 0) is 19.6 Å². The van der Waals surface area contributed by atoms with E-state index in [9.17, 15) is 13.2 Å². The molecule has 142 valence electrons. The van der Waals surface area contributed by atoms with Crippen LogP contribution < -0.4 is 4.31 Å². The van der Waals surface area contributed by atoms with E-state index in [-0.39, 0.29) is 18.5 Å². The highest BCUT2D eigenvalue weighted by Gasteiger charge is 2.27. The van der Waals surface area contributed by atoms with Crippen LogP contribution in [0.25, 0.3) is 0 Å². The molecule has 0 aliphatic rings. The molecule has 25 heavy (non-hydrogen) atoms. The zero-order valence-electron chi connectivity index (χ0n) is 15.2. The third-order valence-corrected chi connectivity index (χ3v) is 5.39. The van der Waals surface area contributed by atoms with Gasteiger partial charge < -0.3 is 9.64 Å². The first-order valence-electron chi connectivity index (χ1n) is 8.26. The molecule has 0 radical (unpaired) electrons. The zero-order valence-corrected chi connectivity index (χ0v) is 16.8. The number of amides is 1. The van der Waals surface area contributed by atoms with Crippen LogP contribution in [0.5, 0.6) is 0 Å². The van der Waals surface area contributed by atoms with E-state index in [4.69, 9.17) is 16.3 Å². The monoisotopic (exact) mass is 390 g/mol. The number of methoxy groups -OCH3 is 1. The van der Waals surface area contributed by atoms with Gasteiger partial charge in [-0.2, -0.15) is 0 Å². The van der Waals surface area contributed by atoms with Crippen molar-refractivity contribution >= 4 is 33.2 Å². The summed E-state index contributed by atoms with van der Waals surface area (Å²) in [4.78, 5) is 14.6. The SMILES string of the molecule is CCC(CC)N(CCOC)C(=O)CN(c1cccc(Cl)c1)S(C)(=O)=O. The van der Waals surface area contributed by atoms with Crippen molar-refractivity contribution in [2.75, 3.05) is 37.4 Å². The number of benzene rings is 1. The molecule has 0 unspecified atom stereocenters. The van der Waals surface area contributed by atoms with Gasteiger partial charge in [-0.1, -0.05) is 31.5 Å². The number of halogens is 1. The maximum absolute atomic E-state index is 12.9. The van der Waals surface area contributed by atoms with Gasteiger partial charge in [0.15, 0.2) is 0 Å². The van der Waals surface area contributed by atoms with Crippen LogP contribution in [0.2, 0.25) is 5.02 Å². The first-order chi connectivity index (χ1) is 11.7. The Labute approximate surface area is 155 Å². The molecular weight excluding hydrogens is 364 g/mol. The van der Waals surface area contributed by atoms with Gasteiger partial charge in [-0.25, -0.2) is 8.42 Å². The molecule has 0 saturated carbocycles. The molecule has 0 atom stereocenters. The van der Waals surface area contributed by atoms with E-state index in [1.54, 1.807) is 30.2 Å². The summed E-state index contributed by atoms with van der Waals surface area (Å²) in [7, 11) is -2.05. The minimum Gasteiger partial charge on any atom is -0.383 e. The van der Waals surface area contributed by atoms with E-state index in [2.05, 4.69) is 0 Å². The maximum atomic E-state index is 12.9. The average Bonchev–Trinajstić information content (AvgIpc) is 2.55. The van der Waals surface area contributed by atoms with Gasteiger partial charge >= 0.3 is 0 Å². The molecule has 1 amide bonds. The number of carbonyl (C=O) groups is 1. The van der Waals surface area contributed by atoms with Crippen molar-refractivity contribution in [3.63, 3.8) is 0 Å². The van der Waals surface area contributed by atoms with Crippen LogP contribution in [-0.4, -0.2) is 58.3 Å². The molecule has 0 N–H and O–H groups in total. The Hall–Kier alpha value is -1.31. The topological polar surface area (TPSA) is 66.9 Å². The molecule has 0 bridgehead atoms. The predicted octanol–water partition coefficient (Wildman–Crippen LogP) is 2.77. The summed E-state index contributed by atoms with van der Waals surface area (Å²) in [6.45, 7) is 4.57. The summed E-state index contributed by atoms with van der Waals surface area (Å²) in [5.41, 5.74) is 0.375. The Morgan fingerprint density at radius 3 is 2.40 bits per heavy atom. The van der Waals surface area contributed by atoms with Gasteiger partial charge in [0.25, 0.3) is 0 Å². The molecule has 0 aliphatic heterocycles. The van der Waals surface area contributed by atoms with Crippen LogP contribution in [0.4, 0.5) is 5.69 Å². The average molecular weight is 391 g/mol. The fraction of sp³-hybridized carbons (Fsp3) is 0.588. The van der Waals surface area contributed by atoms with E-state index in [1.165, 1.54) is 6.07 Å².